The molecule has 23 heavy (non-hydrogen) atoms. The number of nitrogens with one attached hydrogen (secondary N) is 1. The highest BCUT2D eigenvalue weighted by Gasteiger charge is 2.58. The van der Waals surface area contributed by atoms with Gasteiger partial charge in [-0.25, -0.2) is 0 Å². The normalized spacial score (nSPS) is 31.1. The monoisotopic (exact) mass is 339 g/mol. The number of rotatable bonds is 3. The maximum Gasteiger partial charge on any atom is 0.296 e. The van der Waals surface area contributed by atoms with Crippen molar-refractivity contribution >= 4 is 23.2 Å². The molecule has 124 valence electrons. The van der Waals surface area contributed by atoms with Crippen LogP contribution in [0.5, 0.6) is 0 Å². The minimum Gasteiger partial charge on any atom is -0.370 e. The number of fused-ring (bicyclic) bond motifs is 2. The van der Waals surface area contributed by atoms with E-state index in [1.54, 1.807) is 4.90 Å². The summed E-state index contributed by atoms with van der Waals surface area (Å²) in [7, 11) is 0. The summed E-state index contributed by atoms with van der Waals surface area (Å²) in [6.07, 6.45) is -0.260. The minimum atomic E-state index is -1.32. The van der Waals surface area contributed by atoms with Crippen LogP contribution in [0.1, 0.15) is 5.56 Å². The Labute approximate surface area is 139 Å². The molecule has 4 rings (SSSR count). The second-order valence-corrected chi connectivity index (χ2v) is 6.40. The van der Waals surface area contributed by atoms with Crippen LogP contribution in [0.15, 0.2) is 24.3 Å². The fourth-order valence-corrected chi connectivity index (χ4v) is 3.58. The van der Waals surface area contributed by atoms with Gasteiger partial charge in [-0.1, -0.05) is 18.2 Å². The highest BCUT2D eigenvalue weighted by atomic mass is 35.5. The van der Waals surface area contributed by atoms with Crippen LogP contribution in [-0.4, -0.2) is 57.5 Å². The number of hydrogen-bond donors (Lipinski definition) is 1. The van der Waals surface area contributed by atoms with E-state index in [-0.39, 0.29) is 12.0 Å². The lowest BCUT2D eigenvalue weighted by Gasteiger charge is -2.29. The van der Waals surface area contributed by atoms with Gasteiger partial charge in [0.15, 0.2) is 6.67 Å². The number of nitrogens with zero attached hydrogens (tertiary/aromatic N) is 1. The summed E-state index contributed by atoms with van der Waals surface area (Å²) in [5, 5.41) is 0. The summed E-state index contributed by atoms with van der Waals surface area (Å²) in [6, 6.07) is 7.68. The van der Waals surface area contributed by atoms with E-state index in [1.165, 1.54) is 4.90 Å². The second kappa shape index (κ2) is 6.03. The van der Waals surface area contributed by atoms with Crippen molar-refractivity contribution in [3.05, 3.63) is 29.8 Å². The molecule has 6 nitrogen and oxygen atoms in total. The molecule has 1 spiro atoms. The van der Waals surface area contributed by atoms with Crippen LogP contribution in [0.2, 0.25) is 0 Å². The van der Waals surface area contributed by atoms with Gasteiger partial charge in [-0.2, -0.15) is 0 Å². The Hall–Kier alpha value is -1.18. The third-order valence-corrected chi connectivity index (χ3v) is 4.98. The number of carbonyl (C=O) groups excluding carboxylic acids is 1. The number of para-hydroxylation sites is 1. The molecular weight excluding hydrogens is 320 g/mol. The van der Waals surface area contributed by atoms with Crippen molar-refractivity contribution in [1.29, 1.82) is 0 Å². The molecule has 1 N–H and O–H groups in total. The van der Waals surface area contributed by atoms with Gasteiger partial charge in [-0.15, -0.1) is 11.6 Å². The molecule has 3 aliphatic heterocycles. The number of amides is 1. The molecule has 1 aromatic rings. The largest absolute Gasteiger partial charge is 0.370 e. The van der Waals surface area contributed by atoms with E-state index in [9.17, 15) is 4.79 Å². The lowest BCUT2D eigenvalue weighted by atomic mass is 10.1. The summed E-state index contributed by atoms with van der Waals surface area (Å²) in [5.74, 6) is -1.15. The number of carbonyl (C=O) groups is 1. The van der Waals surface area contributed by atoms with E-state index in [0.29, 0.717) is 19.2 Å². The average molecular weight is 340 g/mol. The lowest BCUT2D eigenvalue weighted by Crippen LogP contribution is -3.15. The first-order valence-electron chi connectivity index (χ1n) is 7.95. The molecule has 0 aromatic heterocycles. The van der Waals surface area contributed by atoms with Gasteiger partial charge in [0.2, 0.25) is 0 Å². The molecule has 0 saturated carbocycles. The third-order valence-electron chi connectivity index (χ3n) is 4.63. The number of alkyl halides is 1. The van der Waals surface area contributed by atoms with Crippen molar-refractivity contribution < 1.29 is 23.9 Å². The topological polar surface area (TPSA) is 52.4 Å². The van der Waals surface area contributed by atoms with Gasteiger partial charge in [0, 0.05) is 5.56 Å². The van der Waals surface area contributed by atoms with Gasteiger partial charge in [0.25, 0.3) is 11.7 Å². The van der Waals surface area contributed by atoms with Crippen molar-refractivity contribution in [2.45, 2.75) is 11.9 Å². The average Bonchev–Trinajstić information content (AvgIpc) is 3.13. The molecule has 3 aliphatic rings. The molecule has 0 aliphatic carbocycles. The van der Waals surface area contributed by atoms with Crippen molar-refractivity contribution in [2.24, 2.45) is 0 Å². The Morgan fingerprint density at radius 3 is 2.83 bits per heavy atom. The van der Waals surface area contributed by atoms with Crippen LogP contribution in [0.4, 0.5) is 5.69 Å². The molecule has 2 saturated heterocycles. The zero-order valence-electron chi connectivity index (χ0n) is 12.8. The van der Waals surface area contributed by atoms with Crippen LogP contribution < -0.4 is 9.80 Å². The molecule has 2 atom stereocenters. The summed E-state index contributed by atoms with van der Waals surface area (Å²) in [4.78, 5) is 16.2. The third kappa shape index (κ3) is 2.45. The fourth-order valence-electron chi connectivity index (χ4n) is 3.43. The summed E-state index contributed by atoms with van der Waals surface area (Å²) in [6.45, 7) is 4.17. The van der Waals surface area contributed by atoms with Gasteiger partial charge in [-0.05, 0) is 6.07 Å². The Balaban J connectivity index is 1.65. The Kier molecular flexibility index (Phi) is 4.03. The standard InChI is InChI=1S/C16H19ClN2O4/c17-9-12-10-22-16(23-12)13-3-1-2-4-14(13)19(15(16)20)11-18-5-7-21-8-6-18/h1-4,12H,5-11H2/p+1. The zero-order chi connectivity index (χ0) is 15.9. The molecular formula is C16H20ClN2O4+. The van der Waals surface area contributed by atoms with Gasteiger partial charge in [0.05, 0.1) is 37.5 Å². The smallest absolute Gasteiger partial charge is 0.296 e. The molecule has 2 fully saturated rings. The minimum absolute atomic E-state index is 0.148. The second-order valence-electron chi connectivity index (χ2n) is 6.09. The van der Waals surface area contributed by atoms with E-state index in [1.807, 2.05) is 24.3 Å². The maximum atomic E-state index is 13.1. The SMILES string of the molecule is O=C1N(C[NH+]2CCOCC2)c2ccccc2C12OCC(CCl)O2. The van der Waals surface area contributed by atoms with Crippen molar-refractivity contribution in [2.75, 3.05) is 50.4 Å². The number of morpholine rings is 1. The molecule has 3 heterocycles. The first-order chi connectivity index (χ1) is 11.2. The van der Waals surface area contributed by atoms with Gasteiger partial charge in [-0.3, -0.25) is 9.69 Å². The van der Waals surface area contributed by atoms with Gasteiger partial charge < -0.3 is 19.1 Å². The van der Waals surface area contributed by atoms with E-state index >= 15 is 0 Å². The van der Waals surface area contributed by atoms with Crippen molar-refractivity contribution in [3.63, 3.8) is 0 Å². The number of hydrogen-bond acceptors (Lipinski definition) is 4. The fraction of sp³-hybridized carbons (Fsp3) is 0.562. The first kappa shape index (κ1) is 15.4. The number of anilines is 1. The Morgan fingerprint density at radius 2 is 2.09 bits per heavy atom. The quantitative estimate of drug-likeness (QED) is 0.769. The first-order valence-corrected chi connectivity index (χ1v) is 8.48. The number of ether oxygens (including phenoxy) is 3. The summed E-state index contributed by atoms with van der Waals surface area (Å²) >= 11 is 5.89. The van der Waals surface area contributed by atoms with Gasteiger partial charge in [0.1, 0.15) is 13.1 Å². The van der Waals surface area contributed by atoms with E-state index in [0.717, 1.165) is 37.6 Å². The molecule has 2 unspecified atom stereocenters. The van der Waals surface area contributed by atoms with Gasteiger partial charge >= 0.3 is 0 Å². The maximum absolute atomic E-state index is 13.1. The number of quaternary nitrogens is 1. The number of benzene rings is 1. The summed E-state index contributed by atoms with van der Waals surface area (Å²) < 4.78 is 17.2. The van der Waals surface area contributed by atoms with E-state index in [4.69, 9.17) is 25.8 Å². The molecule has 1 aromatic carbocycles. The molecule has 7 heteroatoms. The van der Waals surface area contributed by atoms with E-state index < -0.39 is 5.79 Å². The zero-order valence-corrected chi connectivity index (χ0v) is 13.6. The van der Waals surface area contributed by atoms with Crippen LogP contribution in [-0.2, 0) is 24.8 Å². The van der Waals surface area contributed by atoms with Crippen LogP contribution >= 0.6 is 11.6 Å². The van der Waals surface area contributed by atoms with E-state index in [2.05, 4.69) is 0 Å². The molecule has 0 radical (unpaired) electrons. The lowest BCUT2D eigenvalue weighted by molar-refractivity contribution is -0.906. The predicted molar refractivity (Wildman–Crippen MR) is 83.5 cm³/mol. The summed E-state index contributed by atoms with van der Waals surface area (Å²) in [5.41, 5.74) is 1.65. The van der Waals surface area contributed by atoms with Crippen molar-refractivity contribution in [1.82, 2.24) is 0 Å². The van der Waals surface area contributed by atoms with Crippen LogP contribution in [0.25, 0.3) is 0 Å². The highest BCUT2D eigenvalue weighted by molar-refractivity contribution is 6.18. The Bertz CT molecular complexity index is 607. The predicted octanol–water partition coefficient (Wildman–Crippen LogP) is -0.287. The van der Waals surface area contributed by atoms with Crippen LogP contribution in [0.3, 0.4) is 0 Å². The molecule has 1 amide bonds. The Morgan fingerprint density at radius 1 is 1.30 bits per heavy atom. The highest BCUT2D eigenvalue weighted by Crippen LogP contribution is 2.46. The van der Waals surface area contributed by atoms with Crippen molar-refractivity contribution in [3.8, 4) is 0 Å². The van der Waals surface area contributed by atoms with Crippen LogP contribution in [0, 0.1) is 0 Å². The number of halogens is 1. The molecule has 0 bridgehead atoms.